The Bertz CT molecular complexity index is 1580. The lowest BCUT2D eigenvalue weighted by molar-refractivity contribution is -0.870. The van der Waals surface area contributed by atoms with Crippen LogP contribution in [0.3, 0.4) is 0 Å². The summed E-state index contributed by atoms with van der Waals surface area (Å²) < 4.78 is 23.5. The van der Waals surface area contributed by atoms with Gasteiger partial charge in [-0.1, -0.05) is 449 Å². The van der Waals surface area contributed by atoms with E-state index in [0.717, 1.165) is 38.5 Å². The summed E-state index contributed by atoms with van der Waals surface area (Å²) in [4.78, 5) is 25.7. The largest absolute Gasteiger partial charge is 0.756 e. The van der Waals surface area contributed by atoms with E-state index in [4.69, 9.17) is 9.05 Å². The molecule has 0 saturated heterocycles. The first-order valence-electron chi connectivity index (χ1n) is 42.7. The van der Waals surface area contributed by atoms with Gasteiger partial charge in [-0.25, -0.2) is 0 Å². The average Bonchev–Trinajstić information content (AvgIpc) is 1.27. The van der Waals surface area contributed by atoms with Crippen LogP contribution in [0.4, 0.5) is 0 Å². The fourth-order valence-corrected chi connectivity index (χ4v) is 14.3. The zero-order chi connectivity index (χ0) is 68.3. The third kappa shape index (κ3) is 78.3. The number of phosphoric acid groups is 1. The number of quaternary nitrogens is 1. The number of amides is 1. The molecule has 0 aromatic rings. The SMILES string of the molecule is CCCCCCCCCCCCCCCCCCCCCCCCCCCC/C=C/CC/C=C/C(O)C(COP(=O)([O-])OCC[N+](C)(C)C)NC(=O)CCCCCCCCCCCCCCCCCCCCCCCCCCCCCCCCCCCCCCCCCC. The van der Waals surface area contributed by atoms with E-state index in [0.29, 0.717) is 17.4 Å². The predicted molar refractivity (Wildman–Crippen MR) is 413 cm³/mol. The molecular formula is C85H169N2O6P. The number of likely N-dealkylation sites (N-methyl/N-ethyl adjacent to an activating group) is 1. The molecule has 0 spiro atoms. The maximum absolute atomic E-state index is 13.1. The van der Waals surface area contributed by atoms with Gasteiger partial charge in [0.2, 0.25) is 5.91 Å². The summed E-state index contributed by atoms with van der Waals surface area (Å²) in [5, 5.41) is 14.0. The van der Waals surface area contributed by atoms with Crippen LogP contribution >= 0.6 is 7.82 Å². The van der Waals surface area contributed by atoms with Gasteiger partial charge in [-0.05, 0) is 32.1 Å². The maximum Gasteiger partial charge on any atom is 0.268 e. The average molecular weight is 1350 g/mol. The summed E-state index contributed by atoms with van der Waals surface area (Å²) in [5.74, 6) is -0.196. The number of hydrogen-bond acceptors (Lipinski definition) is 6. The minimum absolute atomic E-state index is 0.00320. The van der Waals surface area contributed by atoms with E-state index >= 15 is 0 Å². The summed E-state index contributed by atoms with van der Waals surface area (Å²) in [7, 11) is 1.27. The molecule has 0 radical (unpaired) electrons. The molecule has 0 aromatic heterocycles. The Morgan fingerprint density at radius 3 is 0.862 bits per heavy atom. The molecule has 0 aromatic carbocycles. The number of phosphoric ester groups is 1. The molecule has 560 valence electrons. The van der Waals surface area contributed by atoms with E-state index in [-0.39, 0.29) is 19.1 Å². The van der Waals surface area contributed by atoms with Crippen LogP contribution in [0.1, 0.15) is 463 Å². The Morgan fingerprint density at radius 2 is 0.596 bits per heavy atom. The highest BCUT2D eigenvalue weighted by atomic mass is 31.2. The van der Waals surface area contributed by atoms with Crippen LogP contribution in [0.2, 0.25) is 0 Å². The Hall–Kier alpha value is -1.02. The molecule has 0 aliphatic heterocycles. The molecule has 3 unspecified atom stereocenters. The molecule has 0 bridgehead atoms. The Morgan fingerprint density at radius 1 is 0.362 bits per heavy atom. The molecule has 0 heterocycles. The van der Waals surface area contributed by atoms with Crippen molar-refractivity contribution in [2.75, 3.05) is 40.9 Å². The molecule has 94 heavy (non-hydrogen) atoms. The first kappa shape index (κ1) is 93.0. The second-order valence-electron chi connectivity index (χ2n) is 30.9. The smallest absolute Gasteiger partial charge is 0.268 e. The molecule has 9 heteroatoms. The van der Waals surface area contributed by atoms with E-state index in [1.807, 2.05) is 27.2 Å². The number of carbonyl (C=O) groups excluding carboxylic acids is 1. The minimum Gasteiger partial charge on any atom is -0.756 e. The van der Waals surface area contributed by atoms with Gasteiger partial charge in [0.25, 0.3) is 7.82 Å². The molecule has 2 N–H and O–H groups in total. The number of allylic oxidation sites excluding steroid dienone is 3. The van der Waals surface area contributed by atoms with Crippen LogP contribution < -0.4 is 10.2 Å². The predicted octanol–water partition coefficient (Wildman–Crippen LogP) is 27.5. The highest BCUT2D eigenvalue weighted by molar-refractivity contribution is 7.45. The van der Waals surface area contributed by atoms with Crippen molar-refractivity contribution in [3.05, 3.63) is 24.3 Å². The lowest BCUT2D eigenvalue weighted by atomic mass is 10.0. The van der Waals surface area contributed by atoms with Crippen molar-refractivity contribution in [1.82, 2.24) is 5.32 Å². The number of hydrogen-bond donors (Lipinski definition) is 2. The number of aliphatic hydroxyl groups excluding tert-OH is 1. The quantitative estimate of drug-likeness (QED) is 0.0272. The van der Waals surface area contributed by atoms with Gasteiger partial charge in [0.1, 0.15) is 13.2 Å². The maximum atomic E-state index is 13.1. The molecule has 0 aliphatic carbocycles. The van der Waals surface area contributed by atoms with Crippen molar-refractivity contribution in [2.24, 2.45) is 0 Å². The molecule has 3 atom stereocenters. The second kappa shape index (κ2) is 76.2. The lowest BCUT2D eigenvalue weighted by Crippen LogP contribution is -2.45. The van der Waals surface area contributed by atoms with Crippen LogP contribution in [-0.4, -0.2) is 68.5 Å². The monoisotopic (exact) mass is 1350 g/mol. The van der Waals surface area contributed by atoms with Crippen molar-refractivity contribution in [1.29, 1.82) is 0 Å². The van der Waals surface area contributed by atoms with E-state index < -0.39 is 20.0 Å². The van der Waals surface area contributed by atoms with Gasteiger partial charge in [-0.2, -0.15) is 0 Å². The van der Waals surface area contributed by atoms with E-state index in [9.17, 15) is 19.4 Å². The molecule has 1 amide bonds. The highest BCUT2D eigenvalue weighted by Crippen LogP contribution is 2.38. The Kier molecular flexibility index (Phi) is 75.3. The standard InChI is InChI=1S/C85H169N2O6P/c1-6-8-10-12-14-16-18-20-22-24-26-28-30-32-34-36-38-40-41-42-43-44-45-46-47-49-51-53-55-57-59-61-63-65-67-69-71-73-75-77-79-85(89)86-83(82-93-94(90,91)92-81-80-87(3,4)5)84(88)78-76-74-72-70-68-66-64-62-60-58-56-54-52-50-48-39-37-35-33-31-29-27-25-23-21-19-17-15-13-11-9-7-2/h68,70,76,78,83-84,88H,6-67,69,71-75,77,79-82H2,1-5H3,(H-,86,89,90,91)/b70-68+,78-76+. The molecule has 0 rings (SSSR count). The second-order valence-corrected chi connectivity index (χ2v) is 32.3. The fourth-order valence-electron chi connectivity index (χ4n) is 13.6. The Balaban J connectivity index is 3.91. The third-order valence-corrected chi connectivity index (χ3v) is 21.1. The molecule has 8 nitrogen and oxygen atoms in total. The first-order valence-corrected chi connectivity index (χ1v) is 44.2. The van der Waals surface area contributed by atoms with Gasteiger partial charge in [0, 0.05) is 6.42 Å². The normalized spacial score (nSPS) is 13.5. The number of carbonyl (C=O) groups is 1. The van der Waals surface area contributed by atoms with Crippen molar-refractivity contribution in [2.45, 2.75) is 475 Å². The van der Waals surface area contributed by atoms with Crippen molar-refractivity contribution in [3.63, 3.8) is 0 Å². The van der Waals surface area contributed by atoms with Crippen LogP contribution in [0.25, 0.3) is 0 Å². The minimum atomic E-state index is -4.61. The molecule has 0 saturated carbocycles. The molecule has 0 aliphatic rings. The van der Waals surface area contributed by atoms with E-state index in [2.05, 4.69) is 31.3 Å². The summed E-state index contributed by atoms with van der Waals surface area (Å²) >= 11 is 0. The Labute approximate surface area is 589 Å². The lowest BCUT2D eigenvalue weighted by Gasteiger charge is -2.29. The summed E-state index contributed by atoms with van der Waals surface area (Å²) in [6, 6.07) is -0.903. The zero-order valence-corrected chi connectivity index (χ0v) is 65.4. The van der Waals surface area contributed by atoms with Crippen LogP contribution in [0.15, 0.2) is 24.3 Å². The van der Waals surface area contributed by atoms with Gasteiger partial charge in [0.15, 0.2) is 0 Å². The number of nitrogens with zero attached hydrogens (tertiary/aromatic N) is 1. The van der Waals surface area contributed by atoms with Crippen LogP contribution in [0.5, 0.6) is 0 Å². The number of unbranched alkanes of at least 4 members (excludes halogenated alkanes) is 66. The van der Waals surface area contributed by atoms with Crippen molar-refractivity contribution >= 4 is 13.7 Å². The van der Waals surface area contributed by atoms with Crippen LogP contribution in [-0.2, 0) is 18.4 Å². The molecule has 0 fully saturated rings. The molecular weight excluding hydrogens is 1180 g/mol. The van der Waals surface area contributed by atoms with Crippen molar-refractivity contribution in [3.8, 4) is 0 Å². The zero-order valence-electron chi connectivity index (χ0n) is 64.5. The van der Waals surface area contributed by atoms with Gasteiger partial charge in [-0.15, -0.1) is 0 Å². The van der Waals surface area contributed by atoms with Gasteiger partial charge in [-0.3, -0.25) is 9.36 Å². The topological polar surface area (TPSA) is 108 Å². The number of nitrogens with one attached hydrogen (secondary N) is 1. The summed E-state index contributed by atoms with van der Waals surface area (Å²) in [6.45, 7) is 4.71. The number of rotatable bonds is 81. The number of aliphatic hydroxyl groups is 1. The summed E-state index contributed by atoms with van der Waals surface area (Å²) in [5.41, 5.74) is 0. The van der Waals surface area contributed by atoms with Gasteiger partial charge in [0.05, 0.1) is 39.9 Å². The summed E-state index contributed by atoms with van der Waals surface area (Å²) in [6.07, 6.45) is 103. The van der Waals surface area contributed by atoms with Gasteiger partial charge >= 0.3 is 0 Å². The third-order valence-electron chi connectivity index (χ3n) is 20.2. The van der Waals surface area contributed by atoms with E-state index in [1.54, 1.807) is 6.08 Å². The van der Waals surface area contributed by atoms with Gasteiger partial charge < -0.3 is 28.8 Å². The van der Waals surface area contributed by atoms with Crippen LogP contribution in [0, 0.1) is 0 Å². The van der Waals surface area contributed by atoms with Crippen molar-refractivity contribution < 1.29 is 32.9 Å². The van der Waals surface area contributed by atoms with E-state index in [1.165, 1.54) is 405 Å². The first-order chi connectivity index (χ1) is 46.0. The highest BCUT2D eigenvalue weighted by Gasteiger charge is 2.23. The fraction of sp³-hybridized carbons (Fsp3) is 0.941.